The molecule has 1 aliphatic rings. The molecule has 4 nitrogen and oxygen atoms in total. The van der Waals surface area contributed by atoms with Crippen molar-refractivity contribution in [1.29, 1.82) is 0 Å². The highest BCUT2D eigenvalue weighted by Gasteiger charge is 2.41. The smallest absolute Gasteiger partial charge is 0.407 e. The van der Waals surface area contributed by atoms with Crippen LogP contribution in [-0.2, 0) is 4.74 Å². The number of carbonyl (C=O) groups is 1. The molecular weight excluding hydrogens is 240 g/mol. The van der Waals surface area contributed by atoms with Crippen molar-refractivity contribution in [1.82, 2.24) is 5.32 Å². The quantitative estimate of drug-likeness (QED) is 0.755. The van der Waals surface area contributed by atoms with Crippen molar-refractivity contribution in [2.24, 2.45) is 16.6 Å². The van der Waals surface area contributed by atoms with Gasteiger partial charge in [0.05, 0.1) is 6.61 Å². The zero-order chi connectivity index (χ0) is 14.5. The van der Waals surface area contributed by atoms with Gasteiger partial charge in [-0.15, -0.1) is 0 Å². The SMILES string of the molecule is CCCCOC(=O)NC1CC(C)(C)CC(C)(CN)C1. The number of nitrogens with two attached hydrogens (primary N) is 1. The van der Waals surface area contributed by atoms with Crippen molar-refractivity contribution in [3.05, 3.63) is 0 Å². The Kier molecular flexibility index (Phi) is 5.65. The standard InChI is InChI=1S/C15H30N2O2/c1-5-6-7-19-13(18)17-12-8-14(2,3)10-15(4,9-12)11-16/h12H,5-11,16H2,1-4H3,(H,17,18). The summed E-state index contributed by atoms with van der Waals surface area (Å²) >= 11 is 0. The fourth-order valence-corrected chi connectivity index (χ4v) is 3.41. The minimum Gasteiger partial charge on any atom is -0.450 e. The molecular formula is C15H30N2O2. The van der Waals surface area contributed by atoms with E-state index < -0.39 is 0 Å². The third-order valence-electron chi connectivity index (χ3n) is 3.99. The highest BCUT2D eigenvalue weighted by molar-refractivity contribution is 5.67. The first-order chi connectivity index (χ1) is 8.80. The average molecular weight is 270 g/mol. The zero-order valence-electron chi connectivity index (χ0n) is 12.9. The molecule has 0 aromatic carbocycles. The van der Waals surface area contributed by atoms with Gasteiger partial charge >= 0.3 is 6.09 Å². The molecule has 2 unspecified atom stereocenters. The normalized spacial score (nSPS) is 29.8. The lowest BCUT2D eigenvalue weighted by molar-refractivity contribution is 0.0708. The monoisotopic (exact) mass is 270 g/mol. The Hall–Kier alpha value is -0.770. The van der Waals surface area contributed by atoms with Crippen LogP contribution in [0.5, 0.6) is 0 Å². The summed E-state index contributed by atoms with van der Waals surface area (Å²) in [6, 6.07) is 0.173. The third kappa shape index (κ3) is 5.39. The maximum absolute atomic E-state index is 11.7. The number of hydrogen-bond donors (Lipinski definition) is 2. The Morgan fingerprint density at radius 2 is 2.05 bits per heavy atom. The molecule has 4 heteroatoms. The molecule has 112 valence electrons. The highest BCUT2D eigenvalue weighted by atomic mass is 16.5. The van der Waals surface area contributed by atoms with Crippen LogP contribution in [0.1, 0.15) is 59.8 Å². The van der Waals surface area contributed by atoms with Crippen LogP contribution in [0.25, 0.3) is 0 Å². The Morgan fingerprint density at radius 3 is 2.63 bits per heavy atom. The Labute approximate surface area is 117 Å². The van der Waals surface area contributed by atoms with E-state index in [0.29, 0.717) is 13.2 Å². The van der Waals surface area contributed by atoms with Gasteiger partial charge in [0.1, 0.15) is 0 Å². The van der Waals surface area contributed by atoms with E-state index in [0.717, 1.165) is 32.1 Å². The van der Waals surface area contributed by atoms with Crippen LogP contribution in [-0.4, -0.2) is 25.3 Å². The molecule has 19 heavy (non-hydrogen) atoms. The van der Waals surface area contributed by atoms with Crippen LogP contribution in [0.2, 0.25) is 0 Å². The van der Waals surface area contributed by atoms with Gasteiger partial charge < -0.3 is 15.8 Å². The molecule has 0 saturated heterocycles. The number of carbonyl (C=O) groups excluding carboxylic acids is 1. The summed E-state index contributed by atoms with van der Waals surface area (Å²) in [6.07, 6.45) is 4.72. The first kappa shape index (κ1) is 16.3. The number of hydrogen-bond acceptors (Lipinski definition) is 3. The van der Waals surface area contributed by atoms with Gasteiger partial charge in [0, 0.05) is 6.04 Å². The van der Waals surface area contributed by atoms with Crippen molar-refractivity contribution >= 4 is 6.09 Å². The average Bonchev–Trinajstić information content (AvgIpc) is 2.26. The van der Waals surface area contributed by atoms with E-state index in [9.17, 15) is 4.79 Å². The summed E-state index contributed by atoms with van der Waals surface area (Å²) in [5, 5.41) is 3.01. The van der Waals surface area contributed by atoms with Gasteiger partial charge in [-0.25, -0.2) is 4.79 Å². The second kappa shape index (κ2) is 6.60. The number of nitrogens with one attached hydrogen (secondary N) is 1. The fourth-order valence-electron chi connectivity index (χ4n) is 3.41. The molecule has 3 N–H and O–H groups in total. The van der Waals surface area contributed by atoms with Gasteiger partial charge in [0.2, 0.25) is 0 Å². The maximum atomic E-state index is 11.7. The van der Waals surface area contributed by atoms with E-state index in [4.69, 9.17) is 10.5 Å². The number of rotatable bonds is 5. The maximum Gasteiger partial charge on any atom is 0.407 e. The zero-order valence-corrected chi connectivity index (χ0v) is 12.9. The second-order valence-electron chi connectivity index (χ2n) is 7.09. The molecule has 0 aromatic heterocycles. The van der Waals surface area contributed by atoms with Crippen LogP contribution in [0, 0.1) is 10.8 Å². The van der Waals surface area contributed by atoms with E-state index in [1.54, 1.807) is 0 Å². The highest BCUT2D eigenvalue weighted by Crippen LogP contribution is 2.45. The molecule has 0 bridgehead atoms. The Balaban J connectivity index is 2.50. The summed E-state index contributed by atoms with van der Waals surface area (Å²) in [6.45, 7) is 9.96. The largest absolute Gasteiger partial charge is 0.450 e. The molecule has 1 fully saturated rings. The fraction of sp³-hybridized carbons (Fsp3) is 0.933. The van der Waals surface area contributed by atoms with Crippen LogP contribution in [0.3, 0.4) is 0 Å². The minimum atomic E-state index is -0.282. The molecule has 2 atom stereocenters. The van der Waals surface area contributed by atoms with Gasteiger partial charge in [0.25, 0.3) is 0 Å². The number of alkyl carbamates (subject to hydrolysis) is 1. The van der Waals surface area contributed by atoms with Crippen LogP contribution >= 0.6 is 0 Å². The summed E-state index contributed by atoms with van der Waals surface area (Å²) in [5.74, 6) is 0. The van der Waals surface area contributed by atoms with E-state index in [-0.39, 0.29) is 23.0 Å². The molecule has 1 rings (SSSR count). The second-order valence-corrected chi connectivity index (χ2v) is 7.09. The van der Waals surface area contributed by atoms with E-state index >= 15 is 0 Å². The molecule has 0 heterocycles. The molecule has 0 radical (unpaired) electrons. The first-order valence-electron chi connectivity index (χ1n) is 7.44. The predicted molar refractivity (Wildman–Crippen MR) is 78.0 cm³/mol. The van der Waals surface area contributed by atoms with Gasteiger partial charge in [-0.3, -0.25) is 0 Å². The Morgan fingerprint density at radius 1 is 1.37 bits per heavy atom. The van der Waals surface area contributed by atoms with Crippen molar-refractivity contribution in [2.45, 2.75) is 65.8 Å². The van der Waals surface area contributed by atoms with Gasteiger partial charge in [-0.05, 0) is 43.1 Å². The van der Waals surface area contributed by atoms with Gasteiger partial charge in [0.15, 0.2) is 0 Å². The summed E-state index contributed by atoms with van der Waals surface area (Å²) in [4.78, 5) is 11.7. The van der Waals surface area contributed by atoms with Crippen LogP contribution < -0.4 is 11.1 Å². The van der Waals surface area contributed by atoms with Crippen molar-refractivity contribution in [3.8, 4) is 0 Å². The lowest BCUT2D eigenvalue weighted by Gasteiger charge is -2.46. The molecule has 0 spiro atoms. The first-order valence-corrected chi connectivity index (χ1v) is 7.44. The van der Waals surface area contributed by atoms with E-state index in [1.165, 1.54) is 0 Å². The van der Waals surface area contributed by atoms with Gasteiger partial charge in [-0.1, -0.05) is 34.1 Å². The number of ether oxygens (including phenoxy) is 1. The lowest BCUT2D eigenvalue weighted by Crippen LogP contribution is -2.49. The van der Waals surface area contributed by atoms with Crippen molar-refractivity contribution in [2.75, 3.05) is 13.2 Å². The predicted octanol–water partition coefficient (Wildman–Crippen LogP) is 3.06. The summed E-state index contributed by atoms with van der Waals surface area (Å²) < 4.78 is 5.17. The number of unbranched alkanes of at least 4 members (excludes halogenated alkanes) is 1. The topological polar surface area (TPSA) is 64.3 Å². The lowest BCUT2D eigenvalue weighted by atomic mass is 9.63. The van der Waals surface area contributed by atoms with Crippen LogP contribution in [0.4, 0.5) is 4.79 Å². The van der Waals surface area contributed by atoms with Crippen LogP contribution in [0.15, 0.2) is 0 Å². The molecule has 0 aromatic rings. The van der Waals surface area contributed by atoms with Crippen molar-refractivity contribution < 1.29 is 9.53 Å². The van der Waals surface area contributed by atoms with E-state index in [1.807, 2.05) is 0 Å². The summed E-state index contributed by atoms with van der Waals surface area (Å²) in [7, 11) is 0. The molecule has 1 saturated carbocycles. The molecule has 1 aliphatic carbocycles. The number of amides is 1. The molecule has 1 amide bonds. The molecule has 0 aliphatic heterocycles. The Bertz CT molecular complexity index is 305. The van der Waals surface area contributed by atoms with Crippen molar-refractivity contribution in [3.63, 3.8) is 0 Å². The minimum absolute atomic E-state index is 0.114. The third-order valence-corrected chi connectivity index (χ3v) is 3.99. The summed E-state index contributed by atoms with van der Waals surface area (Å²) in [5.41, 5.74) is 6.24. The van der Waals surface area contributed by atoms with Gasteiger partial charge in [-0.2, -0.15) is 0 Å². The van der Waals surface area contributed by atoms with E-state index in [2.05, 4.69) is 33.0 Å².